The van der Waals surface area contributed by atoms with Crippen molar-refractivity contribution in [1.29, 1.82) is 0 Å². The minimum Gasteiger partial charge on any atom is -0.497 e. The average molecular weight is 351 g/mol. The molecular weight excluding hydrogens is 330 g/mol. The molecule has 3 rings (SSSR count). The zero-order chi connectivity index (χ0) is 18.2. The van der Waals surface area contributed by atoms with Crippen LogP contribution in [0.4, 0.5) is 0 Å². The first-order valence-electron chi connectivity index (χ1n) is 8.40. The van der Waals surface area contributed by atoms with Crippen molar-refractivity contribution in [3.63, 3.8) is 0 Å². The summed E-state index contributed by atoms with van der Waals surface area (Å²) in [5.41, 5.74) is 0. The van der Waals surface area contributed by atoms with Gasteiger partial charge in [0.15, 0.2) is 6.61 Å². The Labute approximate surface area is 152 Å². The van der Waals surface area contributed by atoms with Crippen LogP contribution in [0.2, 0.25) is 0 Å². The molecule has 0 saturated carbocycles. The number of amides is 1. The number of hydrogen-bond acceptors (Lipinski definition) is 4. The molecule has 5 nitrogen and oxygen atoms in total. The lowest BCUT2D eigenvalue weighted by atomic mass is 10.1. The minimum atomic E-state index is -0.200. The second-order valence-electron chi connectivity index (χ2n) is 5.64. The van der Waals surface area contributed by atoms with Crippen molar-refractivity contribution in [1.82, 2.24) is 5.32 Å². The van der Waals surface area contributed by atoms with Crippen LogP contribution >= 0.6 is 0 Å². The highest BCUT2D eigenvalue weighted by atomic mass is 16.5. The lowest BCUT2D eigenvalue weighted by Gasteiger charge is -2.11. The highest BCUT2D eigenvalue weighted by Crippen LogP contribution is 2.24. The maximum absolute atomic E-state index is 11.9. The van der Waals surface area contributed by atoms with E-state index < -0.39 is 0 Å². The van der Waals surface area contributed by atoms with Gasteiger partial charge in [0, 0.05) is 11.5 Å². The second-order valence-corrected chi connectivity index (χ2v) is 5.64. The lowest BCUT2D eigenvalue weighted by Crippen LogP contribution is -2.32. The van der Waals surface area contributed by atoms with Gasteiger partial charge in [-0.3, -0.25) is 4.79 Å². The molecule has 3 aromatic rings. The third-order valence-electron chi connectivity index (χ3n) is 3.84. The van der Waals surface area contributed by atoms with E-state index in [1.54, 1.807) is 19.2 Å². The highest BCUT2D eigenvalue weighted by molar-refractivity contribution is 5.88. The fourth-order valence-electron chi connectivity index (χ4n) is 2.56. The van der Waals surface area contributed by atoms with E-state index in [4.69, 9.17) is 14.2 Å². The van der Waals surface area contributed by atoms with E-state index in [2.05, 4.69) is 5.32 Å². The topological polar surface area (TPSA) is 56.8 Å². The summed E-state index contributed by atoms with van der Waals surface area (Å²) < 4.78 is 16.4. The molecule has 0 unspecified atom stereocenters. The number of nitrogens with one attached hydrogen (secondary N) is 1. The molecule has 0 heterocycles. The van der Waals surface area contributed by atoms with Crippen LogP contribution < -0.4 is 19.5 Å². The van der Waals surface area contributed by atoms with Crippen molar-refractivity contribution in [2.45, 2.75) is 0 Å². The molecule has 0 aliphatic heterocycles. The summed E-state index contributed by atoms with van der Waals surface area (Å²) in [5.74, 6) is 1.89. The third kappa shape index (κ3) is 4.66. The standard InChI is InChI=1S/C21H21NO4/c1-24-17-8-5-9-18(14-17)26-15-21(23)22-12-13-25-20-11-4-7-16-6-2-3-10-19(16)20/h2-11,14H,12-13,15H2,1H3,(H,22,23). The molecule has 0 atom stereocenters. The summed E-state index contributed by atoms with van der Waals surface area (Å²) in [6, 6.07) is 21.1. The van der Waals surface area contributed by atoms with Gasteiger partial charge in [-0.2, -0.15) is 0 Å². The normalized spacial score (nSPS) is 10.3. The van der Waals surface area contributed by atoms with Crippen LogP contribution in [0.15, 0.2) is 66.7 Å². The van der Waals surface area contributed by atoms with Crippen LogP contribution in [0.5, 0.6) is 17.2 Å². The molecule has 0 aliphatic rings. The Morgan fingerprint density at radius 2 is 1.69 bits per heavy atom. The number of fused-ring (bicyclic) bond motifs is 1. The predicted octanol–water partition coefficient (Wildman–Crippen LogP) is 3.42. The fraction of sp³-hybridized carbons (Fsp3) is 0.190. The van der Waals surface area contributed by atoms with E-state index >= 15 is 0 Å². The number of rotatable bonds is 8. The molecule has 1 amide bonds. The number of benzene rings is 3. The van der Waals surface area contributed by atoms with Gasteiger partial charge in [-0.15, -0.1) is 0 Å². The number of ether oxygens (including phenoxy) is 3. The van der Waals surface area contributed by atoms with Crippen LogP contribution in [0.1, 0.15) is 0 Å². The molecule has 0 aliphatic carbocycles. The molecule has 0 saturated heterocycles. The van der Waals surface area contributed by atoms with E-state index in [1.165, 1.54) is 0 Å². The van der Waals surface area contributed by atoms with Crippen molar-refractivity contribution < 1.29 is 19.0 Å². The van der Waals surface area contributed by atoms with Gasteiger partial charge in [0.25, 0.3) is 5.91 Å². The van der Waals surface area contributed by atoms with Gasteiger partial charge in [0.05, 0.1) is 13.7 Å². The van der Waals surface area contributed by atoms with Crippen LogP contribution in [0, 0.1) is 0 Å². The summed E-state index contributed by atoms with van der Waals surface area (Å²) in [5, 5.41) is 4.96. The lowest BCUT2D eigenvalue weighted by molar-refractivity contribution is -0.123. The van der Waals surface area contributed by atoms with E-state index in [0.29, 0.717) is 24.7 Å². The number of hydrogen-bond donors (Lipinski definition) is 1. The average Bonchev–Trinajstić information content (AvgIpc) is 2.70. The zero-order valence-electron chi connectivity index (χ0n) is 14.6. The molecule has 0 fully saturated rings. The van der Waals surface area contributed by atoms with Gasteiger partial charge in [0.2, 0.25) is 0 Å². The van der Waals surface area contributed by atoms with Crippen molar-refractivity contribution >= 4 is 16.7 Å². The van der Waals surface area contributed by atoms with Crippen LogP contribution in [0.25, 0.3) is 10.8 Å². The Hall–Kier alpha value is -3.21. The van der Waals surface area contributed by atoms with E-state index in [-0.39, 0.29) is 12.5 Å². The van der Waals surface area contributed by atoms with Gasteiger partial charge in [-0.05, 0) is 23.6 Å². The maximum Gasteiger partial charge on any atom is 0.258 e. The second kappa shape index (κ2) is 8.76. The highest BCUT2D eigenvalue weighted by Gasteiger charge is 2.04. The summed E-state index contributed by atoms with van der Waals surface area (Å²) in [6.07, 6.45) is 0. The summed E-state index contributed by atoms with van der Waals surface area (Å²) >= 11 is 0. The van der Waals surface area contributed by atoms with Crippen molar-refractivity contribution in [3.05, 3.63) is 66.7 Å². The molecule has 0 radical (unpaired) electrons. The van der Waals surface area contributed by atoms with Gasteiger partial charge in [-0.1, -0.05) is 42.5 Å². The summed E-state index contributed by atoms with van der Waals surface area (Å²) in [6.45, 7) is 0.740. The monoisotopic (exact) mass is 351 g/mol. The molecule has 0 spiro atoms. The maximum atomic E-state index is 11.9. The van der Waals surface area contributed by atoms with Crippen molar-refractivity contribution in [2.75, 3.05) is 26.9 Å². The van der Waals surface area contributed by atoms with E-state index in [9.17, 15) is 4.79 Å². The number of carbonyl (C=O) groups excluding carboxylic acids is 1. The van der Waals surface area contributed by atoms with Gasteiger partial charge in [0.1, 0.15) is 23.9 Å². The largest absolute Gasteiger partial charge is 0.497 e. The number of carbonyl (C=O) groups is 1. The SMILES string of the molecule is COc1cccc(OCC(=O)NCCOc2cccc3ccccc23)c1. The van der Waals surface area contributed by atoms with E-state index in [1.807, 2.05) is 54.6 Å². The molecule has 0 bridgehead atoms. The van der Waals surface area contributed by atoms with Crippen LogP contribution in [0.3, 0.4) is 0 Å². The van der Waals surface area contributed by atoms with E-state index in [0.717, 1.165) is 16.5 Å². The molecular formula is C21H21NO4. The Bertz CT molecular complexity index is 873. The molecule has 3 aromatic carbocycles. The first kappa shape index (κ1) is 17.6. The van der Waals surface area contributed by atoms with Gasteiger partial charge >= 0.3 is 0 Å². The van der Waals surface area contributed by atoms with Crippen LogP contribution in [-0.4, -0.2) is 32.8 Å². The minimum absolute atomic E-state index is 0.0541. The molecule has 0 aromatic heterocycles. The molecule has 5 heteroatoms. The predicted molar refractivity (Wildman–Crippen MR) is 101 cm³/mol. The fourth-order valence-corrected chi connectivity index (χ4v) is 2.56. The molecule has 26 heavy (non-hydrogen) atoms. The Kier molecular flexibility index (Phi) is 5.93. The Morgan fingerprint density at radius 3 is 2.58 bits per heavy atom. The number of methoxy groups -OCH3 is 1. The Balaban J connectivity index is 1.42. The van der Waals surface area contributed by atoms with Gasteiger partial charge in [-0.25, -0.2) is 0 Å². The van der Waals surface area contributed by atoms with Gasteiger partial charge < -0.3 is 19.5 Å². The smallest absolute Gasteiger partial charge is 0.258 e. The van der Waals surface area contributed by atoms with Crippen molar-refractivity contribution in [2.24, 2.45) is 0 Å². The van der Waals surface area contributed by atoms with Crippen molar-refractivity contribution in [3.8, 4) is 17.2 Å². The molecule has 1 N–H and O–H groups in total. The first-order valence-corrected chi connectivity index (χ1v) is 8.40. The summed E-state index contributed by atoms with van der Waals surface area (Å²) in [7, 11) is 1.59. The quantitative estimate of drug-likeness (QED) is 0.632. The third-order valence-corrected chi connectivity index (χ3v) is 3.84. The Morgan fingerprint density at radius 1 is 0.923 bits per heavy atom. The first-order chi connectivity index (χ1) is 12.8. The summed E-state index contributed by atoms with van der Waals surface area (Å²) in [4.78, 5) is 11.9. The molecule has 134 valence electrons. The van der Waals surface area contributed by atoms with Crippen LogP contribution in [-0.2, 0) is 4.79 Å². The zero-order valence-corrected chi connectivity index (χ0v) is 14.6.